The van der Waals surface area contributed by atoms with E-state index in [9.17, 15) is 4.79 Å². The van der Waals surface area contributed by atoms with Crippen LogP contribution in [-0.4, -0.2) is 5.91 Å². The van der Waals surface area contributed by atoms with E-state index in [2.05, 4.69) is 41.0 Å². The second-order valence-corrected chi connectivity index (χ2v) is 8.28. The molecule has 0 radical (unpaired) electrons. The smallest absolute Gasteiger partial charge is 0.221 e. The van der Waals surface area contributed by atoms with Crippen LogP contribution >= 0.6 is 0 Å². The van der Waals surface area contributed by atoms with E-state index in [-0.39, 0.29) is 11.9 Å². The van der Waals surface area contributed by atoms with Gasteiger partial charge in [0.15, 0.2) is 0 Å². The molecule has 0 saturated heterocycles. The van der Waals surface area contributed by atoms with Gasteiger partial charge < -0.3 is 10.6 Å². The van der Waals surface area contributed by atoms with Crippen molar-refractivity contribution in [3.05, 3.63) is 59.2 Å². The Bertz CT molecular complexity index is 943. The highest BCUT2D eigenvalue weighted by Crippen LogP contribution is 2.63. The van der Waals surface area contributed by atoms with E-state index in [0.29, 0.717) is 17.4 Å². The van der Waals surface area contributed by atoms with Crippen molar-refractivity contribution >= 4 is 17.3 Å². The maximum absolute atomic E-state index is 11.5. The molecule has 0 aromatic heterocycles. The first kappa shape index (κ1) is 16.4. The lowest BCUT2D eigenvalue weighted by molar-refractivity contribution is -0.114. The van der Waals surface area contributed by atoms with Gasteiger partial charge in [-0.15, -0.1) is 0 Å². The van der Waals surface area contributed by atoms with Crippen LogP contribution in [0.3, 0.4) is 0 Å². The van der Waals surface area contributed by atoms with Crippen LogP contribution in [0.25, 0.3) is 0 Å². The number of hydrogen-bond donors (Lipinski definition) is 2. The molecule has 1 heterocycles. The zero-order valence-corrected chi connectivity index (χ0v) is 15.4. The monoisotopic (exact) mass is 357 g/mol. The van der Waals surface area contributed by atoms with Gasteiger partial charge in [0.05, 0.1) is 17.7 Å². The van der Waals surface area contributed by atoms with E-state index in [4.69, 9.17) is 5.26 Å². The molecular weight excluding hydrogens is 334 g/mol. The summed E-state index contributed by atoms with van der Waals surface area (Å²) in [4.78, 5) is 11.5. The minimum atomic E-state index is -0.0290. The Labute approximate surface area is 159 Å². The molecule has 1 aliphatic heterocycles. The van der Waals surface area contributed by atoms with Gasteiger partial charge in [-0.3, -0.25) is 4.79 Å². The van der Waals surface area contributed by atoms with Crippen molar-refractivity contribution in [3.8, 4) is 6.07 Å². The summed E-state index contributed by atoms with van der Waals surface area (Å²) in [6, 6.07) is 16.8. The number of anilines is 2. The van der Waals surface area contributed by atoms with Crippen molar-refractivity contribution in [2.45, 2.75) is 38.1 Å². The van der Waals surface area contributed by atoms with Crippen molar-refractivity contribution in [2.75, 3.05) is 10.6 Å². The topological polar surface area (TPSA) is 64.9 Å². The Kier molecular flexibility index (Phi) is 3.72. The number of carbonyl (C=O) groups excluding carboxylic acids is 1. The number of fused-ring (bicyclic) bond motifs is 7. The average molecular weight is 357 g/mol. The van der Waals surface area contributed by atoms with Crippen molar-refractivity contribution in [2.24, 2.45) is 17.8 Å². The normalized spacial score (nSPS) is 30.0. The fourth-order valence-electron chi connectivity index (χ4n) is 5.86. The summed E-state index contributed by atoms with van der Waals surface area (Å²) in [5.74, 6) is 2.60. The van der Waals surface area contributed by atoms with Crippen LogP contribution in [0, 0.1) is 29.1 Å². The first-order valence-electron chi connectivity index (χ1n) is 9.82. The van der Waals surface area contributed by atoms with E-state index in [1.807, 2.05) is 18.2 Å². The number of nitrogens with one attached hydrogen (secondary N) is 2. The summed E-state index contributed by atoms with van der Waals surface area (Å²) in [5, 5.41) is 15.8. The molecule has 5 rings (SSSR count). The molecule has 3 aliphatic rings. The SMILES string of the molecule is CC(=O)Nc1ccc2c(c1)[C@@H]1[C@H]3CC[C@@H](C3)[C@H]1[C@@H](c1ccc(C#N)cc1)N2. The molecule has 1 amide bonds. The van der Waals surface area contributed by atoms with Gasteiger partial charge in [-0.1, -0.05) is 12.1 Å². The van der Waals surface area contributed by atoms with Crippen LogP contribution in [0.5, 0.6) is 0 Å². The first-order chi connectivity index (χ1) is 13.1. The molecule has 5 atom stereocenters. The highest BCUT2D eigenvalue weighted by molar-refractivity contribution is 5.89. The summed E-state index contributed by atoms with van der Waals surface area (Å²) in [5.41, 5.74) is 5.42. The van der Waals surface area contributed by atoms with Crippen LogP contribution in [0.4, 0.5) is 11.4 Å². The Morgan fingerprint density at radius 2 is 1.93 bits per heavy atom. The van der Waals surface area contributed by atoms with Crippen LogP contribution in [0.15, 0.2) is 42.5 Å². The number of carbonyl (C=O) groups is 1. The van der Waals surface area contributed by atoms with Crippen LogP contribution in [0.2, 0.25) is 0 Å². The Hall–Kier alpha value is -2.80. The first-order valence-corrected chi connectivity index (χ1v) is 9.82. The van der Waals surface area contributed by atoms with Gasteiger partial charge in [0, 0.05) is 18.3 Å². The predicted molar refractivity (Wildman–Crippen MR) is 105 cm³/mol. The summed E-state index contributed by atoms with van der Waals surface area (Å²) in [6.07, 6.45) is 3.95. The molecule has 0 unspecified atom stereocenters. The molecule has 27 heavy (non-hydrogen) atoms. The fourth-order valence-corrected chi connectivity index (χ4v) is 5.86. The standard InChI is InChI=1S/C23H23N3O/c1-13(27)25-18-8-9-20-19(11-18)21-16-6-7-17(10-16)22(21)23(26-20)15-4-2-14(12-24)3-5-15/h2-5,8-9,11,16-17,21-23,26H,6-7,10H2,1H3,(H,25,27)/t16-,17-,21-,22+,23+/m0/s1. The summed E-state index contributed by atoms with van der Waals surface area (Å²) in [7, 11) is 0. The molecule has 2 N–H and O–H groups in total. The maximum Gasteiger partial charge on any atom is 0.221 e. The second-order valence-electron chi connectivity index (χ2n) is 8.28. The second kappa shape index (κ2) is 6.13. The third-order valence-corrected chi connectivity index (χ3v) is 6.81. The maximum atomic E-state index is 11.5. The van der Waals surface area contributed by atoms with Gasteiger partial charge in [-0.05, 0) is 84.4 Å². The van der Waals surface area contributed by atoms with E-state index >= 15 is 0 Å². The number of nitriles is 1. The Balaban J connectivity index is 1.56. The molecule has 2 aromatic rings. The van der Waals surface area contributed by atoms with E-state index in [0.717, 1.165) is 17.5 Å². The number of benzene rings is 2. The van der Waals surface area contributed by atoms with Gasteiger partial charge in [-0.25, -0.2) is 0 Å². The third-order valence-electron chi connectivity index (χ3n) is 6.81. The molecular formula is C23H23N3O. The molecule has 4 nitrogen and oxygen atoms in total. The molecule has 2 bridgehead atoms. The van der Waals surface area contributed by atoms with Gasteiger partial charge in [-0.2, -0.15) is 5.26 Å². The van der Waals surface area contributed by atoms with E-state index in [1.54, 1.807) is 6.92 Å². The van der Waals surface area contributed by atoms with Crippen LogP contribution in [0.1, 0.15) is 54.8 Å². The number of hydrogen-bond acceptors (Lipinski definition) is 3. The molecule has 2 aliphatic carbocycles. The minimum absolute atomic E-state index is 0.0290. The predicted octanol–water partition coefficient (Wildman–Crippen LogP) is 4.81. The zero-order valence-electron chi connectivity index (χ0n) is 15.4. The summed E-state index contributed by atoms with van der Waals surface area (Å²) >= 11 is 0. The van der Waals surface area contributed by atoms with E-state index in [1.165, 1.54) is 36.1 Å². The summed E-state index contributed by atoms with van der Waals surface area (Å²) < 4.78 is 0. The minimum Gasteiger partial charge on any atom is -0.378 e. The van der Waals surface area contributed by atoms with Gasteiger partial charge in [0.2, 0.25) is 5.91 Å². The third kappa shape index (κ3) is 2.61. The highest BCUT2D eigenvalue weighted by Gasteiger charge is 2.53. The average Bonchev–Trinajstić information content (AvgIpc) is 3.29. The Morgan fingerprint density at radius 3 is 2.67 bits per heavy atom. The Morgan fingerprint density at radius 1 is 1.15 bits per heavy atom. The quantitative estimate of drug-likeness (QED) is 0.810. The molecule has 4 heteroatoms. The number of rotatable bonds is 2. The van der Waals surface area contributed by atoms with Gasteiger partial charge in [0.1, 0.15) is 0 Å². The zero-order chi connectivity index (χ0) is 18.5. The van der Waals surface area contributed by atoms with Crippen molar-refractivity contribution < 1.29 is 4.79 Å². The van der Waals surface area contributed by atoms with Crippen molar-refractivity contribution in [3.63, 3.8) is 0 Å². The molecule has 2 saturated carbocycles. The lowest BCUT2D eigenvalue weighted by Crippen LogP contribution is -2.35. The van der Waals surface area contributed by atoms with Crippen LogP contribution < -0.4 is 10.6 Å². The lowest BCUT2D eigenvalue weighted by atomic mass is 9.68. The van der Waals surface area contributed by atoms with Crippen molar-refractivity contribution in [1.29, 1.82) is 5.26 Å². The van der Waals surface area contributed by atoms with Gasteiger partial charge in [0.25, 0.3) is 0 Å². The largest absolute Gasteiger partial charge is 0.378 e. The number of nitrogens with zero attached hydrogens (tertiary/aromatic N) is 1. The highest BCUT2D eigenvalue weighted by atomic mass is 16.1. The fraction of sp³-hybridized carbons (Fsp3) is 0.391. The molecule has 2 fully saturated rings. The summed E-state index contributed by atoms with van der Waals surface area (Å²) in [6.45, 7) is 1.55. The molecule has 136 valence electrons. The molecule has 2 aromatic carbocycles. The van der Waals surface area contributed by atoms with Crippen molar-refractivity contribution in [1.82, 2.24) is 0 Å². The number of amides is 1. The van der Waals surface area contributed by atoms with Crippen LogP contribution in [-0.2, 0) is 4.79 Å². The van der Waals surface area contributed by atoms with E-state index < -0.39 is 0 Å². The van der Waals surface area contributed by atoms with Gasteiger partial charge >= 0.3 is 0 Å². The molecule has 0 spiro atoms. The lowest BCUT2D eigenvalue weighted by Gasteiger charge is -2.43.